The number of rotatable bonds is 2. The highest BCUT2D eigenvalue weighted by Gasteiger charge is 2.21. The zero-order valence-electron chi connectivity index (χ0n) is 11.0. The van der Waals surface area contributed by atoms with Gasteiger partial charge in [-0.05, 0) is 54.7 Å². The van der Waals surface area contributed by atoms with Crippen LogP contribution in [0.5, 0.6) is 0 Å². The Morgan fingerprint density at radius 3 is 2.35 bits per heavy atom. The Morgan fingerprint density at radius 2 is 1.71 bits per heavy atom. The first-order valence-electron chi connectivity index (χ1n) is 6.92. The van der Waals surface area contributed by atoms with Crippen molar-refractivity contribution in [1.29, 1.82) is 0 Å². The maximum Gasteiger partial charge on any atom is 0.0406 e. The van der Waals surface area contributed by atoms with Crippen molar-refractivity contribution in [2.24, 2.45) is 11.8 Å². The highest BCUT2D eigenvalue weighted by atomic mass is 35.5. The lowest BCUT2D eigenvalue weighted by molar-refractivity contribution is 0.341. The van der Waals surface area contributed by atoms with Gasteiger partial charge in [0.15, 0.2) is 0 Å². The van der Waals surface area contributed by atoms with E-state index >= 15 is 0 Å². The van der Waals surface area contributed by atoms with Crippen LogP contribution >= 0.6 is 11.6 Å². The SMILES string of the molecule is CC(C)C1CCCC(c2ccc(Cl)cc2)CC1. The van der Waals surface area contributed by atoms with Gasteiger partial charge in [0, 0.05) is 5.02 Å². The number of hydrogen-bond acceptors (Lipinski definition) is 0. The summed E-state index contributed by atoms with van der Waals surface area (Å²) in [6.45, 7) is 4.74. The molecule has 0 amide bonds. The van der Waals surface area contributed by atoms with E-state index in [0.29, 0.717) is 0 Å². The van der Waals surface area contributed by atoms with Crippen LogP contribution < -0.4 is 0 Å². The van der Waals surface area contributed by atoms with Crippen molar-refractivity contribution in [3.05, 3.63) is 34.9 Å². The molecule has 1 aromatic carbocycles. The molecule has 2 atom stereocenters. The third-order valence-corrected chi connectivity index (χ3v) is 4.55. The van der Waals surface area contributed by atoms with E-state index in [1.807, 2.05) is 12.1 Å². The van der Waals surface area contributed by atoms with Gasteiger partial charge in [-0.25, -0.2) is 0 Å². The van der Waals surface area contributed by atoms with Gasteiger partial charge in [0.25, 0.3) is 0 Å². The molecule has 2 unspecified atom stereocenters. The second kappa shape index (κ2) is 5.91. The first kappa shape index (κ1) is 13.0. The van der Waals surface area contributed by atoms with Crippen LogP contribution in [0.25, 0.3) is 0 Å². The van der Waals surface area contributed by atoms with Gasteiger partial charge in [0.05, 0.1) is 0 Å². The number of benzene rings is 1. The molecule has 1 fully saturated rings. The molecule has 17 heavy (non-hydrogen) atoms. The van der Waals surface area contributed by atoms with E-state index in [-0.39, 0.29) is 0 Å². The molecule has 0 N–H and O–H groups in total. The van der Waals surface area contributed by atoms with Gasteiger partial charge in [-0.1, -0.05) is 50.4 Å². The number of hydrogen-bond donors (Lipinski definition) is 0. The Morgan fingerprint density at radius 1 is 1.00 bits per heavy atom. The summed E-state index contributed by atoms with van der Waals surface area (Å²) in [7, 11) is 0. The van der Waals surface area contributed by atoms with E-state index in [9.17, 15) is 0 Å². The molecule has 0 aromatic heterocycles. The fourth-order valence-electron chi connectivity index (χ4n) is 3.07. The van der Waals surface area contributed by atoms with Gasteiger partial charge in [0.2, 0.25) is 0 Å². The molecule has 1 aromatic rings. The molecule has 0 saturated heterocycles. The highest BCUT2D eigenvalue weighted by Crippen LogP contribution is 2.36. The van der Waals surface area contributed by atoms with E-state index in [2.05, 4.69) is 26.0 Å². The molecule has 1 aliphatic carbocycles. The van der Waals surface area contributed by atoms with E-state index in [4.69, 9.17) is 11.6 Å². The Labute approximate surface area is 110 Å². The van der Waals surface area contributed by atoms with Crippen LogP contribution in [-0.4, -0.2) is 0 Å². The van der Waals surface area contributed by atoms with Crippen molar-refractivity contribution in [1.82, 2.24) is 0 Å². The smallest absolute Gasteiger partial charge is 0.0406 e. The minimum Gasteiger partial charge on any atom is -0.0843 e. The standard InChI is InChI=1S/C16H23Cl/c1-12(2)13-4-3-5-14(7-6-13)15-8-10-16(17)11-9-15/h8-14H,3-7H2,1-2H3. The Kier molecular flexibility index (Phi) is 4.50. The van der Waals surface area contributed by atoms with Crippen molar-refractivity contribution in [2.45, 2.75) is 51.9 Å². The molecule has 0 aliphatic heterocycles. The quantitative estimate of drug-likeness (QED) is 0.594. The molecule has 1 aliphatic rings. The first-order valence-corrected chi connectivity index (χ1v) is 7.30. The fraction of sp³-hybridized carbons (Fsp3) is 0.625. The monoisotopic (exact) mass is 250 g/mol. The van der Waals surface area contributed by atoms with Crippen molar-refractivity contribution >= 4 is 11.6 Å². The Hall–Kier alpha value is -0.490. The van der Waals surface area contributed by atoms with E-state index in [1.54, 1.807) is 0 Å². The van der Waals surface area contributed by atoms with E-state index in [0.717, 1.165) is 22.8 Å². The topological polar surface area (TPSA) is 0 Å². The van der Waals surface area contributed by atoms with Crippen LogP contribution in [0.4, 0.5) is 0 Å². The van der Waals surface area contributed by atoms with Crippen LogP contribution in [0.15, 0.2) is 24.3 Å². The average molecular weight is 251 g/mol. The molecule has 0 spiro atoms. The molecule has 2 rings (SSSR count). The molecule has 94 valence electrons. The third-order valence-electron chi connectivity index (χ3n) is 4.30. The fourth-order valence-corrected chi connectivity index (χ4v) is 3.19. The minimum absolute atomic E-state index is 0.760. The second-order valence-corrected chi connectivity index (χ2v) is 6.20. The summed E-state index contributed by atoms with van der Waals surface area (Å²) in [5, 5.41) is 0.849. The summed E-state index contributed by atoms with van der Waals surface area (Å²) in [4.78, 5) is 0. The second-order valence-electron chi connectivity index (χ2n) is 5.76. The summed E-state index contributed by atoms with van der Waals surface area (Å²) in [6, 6.07) is 8.48. The largest absolute Gasteiger partial charge is 0.0843 e. The summed E-state index contributed by atoms with van der Waals surface area (Å²) in [6.07, 6.45) is 6.90. The third kappa shape index (κ3) is 3.48. The summed E-state index contributed by atoms with van der Waals surface area (Å²) in [5.74, 6) is 2.54. The predicted molar refractivity (Wildman–Crippen MR) is 75.6 cm³/mol. The van der Waals surface area contributed by atoms with Gasteiger partial charge in [-0.3, -0.25) is 0 Å². The minimum atomic E-state index is 0.760. The van der Waals surface area contributed by atoms with Gasteiger partial charge >= 0.3 is 0 Å². The predicted octanol–water partition coefficient (Wildman–Crippen LogP) is 5.66. The first-order chi connectivity index (χ1) is 8.16. The number of halogens is 1. The lowest BCUT2D eigenvalue weighted by Crippen LogP contribution is -2.07. The summed E-state index contributed by atoms with van der Waals surface area (Å²) < 4.78 is 0. The molecular weight excluding hydrogens is 228 g/mol. The molecule has 1 heteroatoms. The summed E-state index contributed by atoms with van der Waals surface area (Å²) in [5.41, 5.74) is 1.49. The van der Waals surface area contributed by atoms with Gasteiger partial charge in [0.1, 0.15) is 0 Å². The van der Waals surface area contributed by atoms with Crippen molar-refractivity contribution in [2.75, 3.05) is 0 Å². The Balaban J connectivity index is 2.01. The maximum absolute atomic E-state index is 5.95. The van der Waals surface area contributed by atoms with Crippen molar-refractivity contribution in [3.8, 4) is 0 Å². The zero-order chi connectivity index (χ0) is 12.3. The van der Waals surface area contributed by atoms with Gasteiger partial charge in [-0.2, -0.15) is 0 Å². The molecule has 0 bridgehead atoms. The molecular formula is C16H23Cl. The molecule has 0 radical (unpaired) electrons. The van der Waals surface area contributed by atoms with Crippen LogP contribution in [0.3, 0.4) is 0 Å². The van der Waals surface area contributed by atoms with Gasteiger partial charge < -0.3 is 0 Å². The molecule has 0 heterocycles. The van der Waals surface area contributed by atoms with E-state index < -0.39 is 0 Å². The lowest BCUT2D eigenvalue weighted by Gasteiger charge is -2.18. The Bertz CT molecular complexity index is 339. The average Bonchev–Trinajstić information content (AvgIpc) is 2.55. The van der Waals surface area contributed by atoms with Gasteiger partial charge in [-0.15, -0.1) is 0 Å². The van der Waals surface area contributed by atoms with Crippen molar-refractivity contribution < 1.29 is 0 Å². The van der Waals surface area contributed by atoms with Crippen molar-refractivity contribution in [3.63, 3.8) is 0 Å². The lowest BCUT2D eigenvalue weighted by atomic mass is 9.87. The van der Waals surface area contributed by atoms with Crippen LogP contribution in [-0.2, 0) is 0 Å². The van der Waals surface area contributed by atoms with Crippen LogP contribution in [0.2, 0.25) is 5.02 Å². The molecule has 1 saturated carbocycles. The zero-order valence-corrected chi connectivity index (χ0v) is 11.7. The maximum atomic E-state index is 5.95. The van der Waals surface area contributed by atoms with E-state index in [1.165, 1.54) is 37.7 Å². The normalized spacial score (nSPS) is 25.9. The molecule has 0 nitrogen and oxygen atoms in total. The van der Waals surface area contributed by atoms with Crippen LogP contribution in [0, 0.1) is 11.8 Å². The summed E-state index contributed by atoms with van der Waals surface area (Å²) >= 11 is 5.95. The highest BCUT2D eigenvalue weighted by molar-refractivity contribution is 6.30. The van der Waals surface area contributed by atoms with Crippen LogP contribution in [0.1, 0.15) is 57.4 Å².